The zero-order valence-electron chi connectivity index (χ0n) is 11.3. The molecule has 21 heavy (non-hydrogen) atoms. The Bertz CT molecular complexity index is 624. The quantitative estimate of drug-likeness (QED) is 0.901. The van der Waals surface area contributed by atoms with Gasteiger partial charge in [0.1, 0.15) is 6.10 Å². The third-order valence-electron chi connectivity index (χ3n) is 3.23. The first-order chi connectivity index (χ1) is 10.3. The second-order valence-corrected chi connectivity index (χ2v) is 5.07. The van der Waals surface area contributed by atoms with Gasteiger partial charge in [-0.2, -0.15) is 0 Å². The Morgan fingerprint density at radius 3 is 3.14 bits per heavy atom. The number of para-hydroxylation sites is 1. The van der Waals surface area contributed by atoms with Gasteiger partial charge in [0.2, 0.25) is 0 Å². The number of hydrogen-bond donors (Lipinski definition) is 2. The minimum Gasteiger partial charge on any atom is -0.366 e. The van der Waals surface area contributed by atoms with Crippen molar-refractivity contribution in [1.29, 1.82) is 0 Å². The highest BCUT2D eigenvalue weighted by molar-refractivity contribution is 6.33. The molecule has 1 aliphatic rings. The molecule has 7 heteroatoms. The van der Waals surface area contributed by atoms with Crippen LogP contribution in [0.1, 0.15) is 0 Å². The van der Waals surface area contributed by atoms with Crippen LogP contribution >= 0.6 is 11.6 Å². The fourth-order valence-corrected chi connectivity index (χ4v) is 2.49. The SMILES string of the molecule is O=C(Nc1cccc(Cl)c1-n1ccnc1)C1CNCCO1. The smallest absolute Gasteiger partial charge is 0.254 e. The van der Waals surface area contributed by atoms with Gasteiger partial charge in [-0.25, -0.2) is 4.98 Å². The van der Waals surface area contributed by atoms with Gasteiger partial charge in [0, 0.05) is 25.5 Å². The molecule has 1 atom stereocenters. The topological polar surface area (TPSA) is 68.2 Å². The summed E-state index contributed by atoms with van der Waals surface area (Å²) in [6.07, 6.45) is 4.57. The van der Waals surface area contributed by atoms with Crippen LogP contribution in [-0.4, -0.2) is 41.3 Å². The van der Waals surface area contributed by atoms with Gasteiger partial charge in [-0.05, 0) is 12.1 Å². The molecule has 1 fully saturated rings. The van der Waals surface area contributed by atoms with Gasteiger partial charge in [-0.3, -0.25) is 4.79 Å². The minimum absolute atomic E-state index is 0.189. The number of anilines is 1. The summed E-state index contributed by atoms with van der Waals surface area (Å²) >= 11 is 6.25. The predicted molar refractivity (Wildman–Crippen MR) is 79.8 cm³/mol. The van der Waals surface area contributed by atoms with Gasteiger partial charge < -0.3 is 19.9 Å². The van der Waals surface area contributed by atoms with E-state index in [9.17, 15) is 4.79 Å². The summed E-state index contributed by atoms with van der Waals surface area (Å²) in [4.78, 5) is 16.3. The lowest BCUT2D eigenvalue weighted by molar-refractivity contribution is -0.128. The Kier molecular flexibility index (Phi) is 4.19. The van der Waals surface area contributed by atoms with Crippen LogP contribution in [0, 0.1) is 0 Å². The van der Waals surface area contributed by atoms with Gasteiger partial charge in [0.05, 0.1) is 29.3 Å². The standard InChI is InChI=1S/C14H15ClN4O2/c15-10-2-1-3-11(13(10)19-6-4-17-9-19)18-14(20)12-8-16-5-7-21-12/h1-4,6,9,12,16H,5,7-8H2,(H,18,20). The molecule has 6 nitrogen and oxygen atoms in total. The monoisotopic (exact) mass is 306 g/mol. The fourth-order valence-electron chi connectivity index (χ4n) is 2.22. The molecule has 0 saturated carbocycles. The third-order valence-corrected chi connectivity index (χ3v) is 3.53. The first kappa shape index (κ1) is 14.1. The number of nitrogens with zero attached hydrogens (tertiary/aromatic N) is 2. The van der Waals surface area contributed by atoms with Crippen LogP contribution in [0.2, 0.25) is 5.02 Å². The molecule has 110 valence electrons. The van der Waals surface area contributed by atoms with Crippen molar-refractivity contribution in [2.24, 2.45) is 0 Å². The van der Waals surface area contributed by atoms with E-state index in [1.807, 2.05) is 0 Å². The van der Waals surface area contributed by atoms with E-state index in [4.69, 9.17) is 16.3 Å². The molecule has 1 saturated heterocycles. The maximum atomic E-state index is 12.3. The Balaban J connectivity index is 1.85. The predicted octanol–water partition coefficient (Wildman–Crippen LogP) is 1.45. The maximum Gasteiger partial charge on any atom is 0.254 e. The molecule has 2 heterocycles. The molecule has 0 bridgehead atoms. The van der Waals surface area contributed by atoms with Gasteiger partial charge in [0.15, 0.2) is 0 Å². The molecule has 0 spiro atoms. The number of morpholine rings is 1. The molecule has 1 aromatic carbocycles. The average Bonchev–Trinajstić information content (AvgIpc) is 3.02. The van der Waals surface area contributed by atoms with Crippen molar-refractivity contribution in [3.63, 3.8) is 0 Å². The number of aromatic nitrogens is 2. The molecule has 1 unspecified atom stereocenters. The number of carbonyl (C=O) groups excluding carboxylic acids is 1. The van der Waals surface area contributed by atoms with E-state index in [-0.39, 0.29) is 5.91 Å². The van der Waals surface area contributed by atoms with Crippen LogP contribution in [0.5, 0.6) is 0 Å². The normalized spacial score (nSPS) is 18.4. The van der Waals surface area contributed by atoms with Gasteiger partial charge in [0.25, 0.3) is 5.91 Å². The highest BCUT2D eigenvalue weighted by atomic mass is 35.5. The zero-order chi connectivity index (χ0) is 14.7. The lowest BCUT2D eigenvalue weighted by atomic mass is 10.2. The van der Waals surface area contributed by atoms with E-state index in [1.54, 1.807) is 41.5 Å². The third kappa shape index (κ3) is 3.07. The van der Waals surface area contributed by atoms with E-state index in [2.05, 4.69) is 15.6 Å². The lowest BCUT2D eigenvalue weighted by Gasteiger charge is -2.23. The molecular formula is C14H15ClN4O2. The molecule has 2 N–H and O–H groups in total. The number of imidazole rings is 1. The molecule has 1 aliphatic heterocycles. The van der Waals surface area contributed by atoms with Gasteiger partial charge in [-0.15, -0.1) is 0 Å². The number of hydrogen-bond acceptors (Lipinski definition) is 4. The summed E-state index contributed by atoms with van der Waals surface area (Å²) in [6.45, 7) is 1.80. The van der Waals surface area contributed by atoms with E-state index >= 15 is 0 Å². The van der Waals surface area contributed by atoms with Crippen molar-refractivity contribution < 1.29 is 9.53 Å². The summed E-state index contributed by atoms with van der Waals surface area (Å²) in [6, 6.07) is 5.36. The Labute approximate surface area is 127 Å². The lowest BCUT2D eigenvalue weighted by Crippen LogP contribution is -2.45. The largest absolute Gasteiger partial charge is 0.366 e. The highest BCUT2D eigenvalue weighted by Crippen LogP contribution is 2.28. The van der Waals surface area contributed by atoms with Gasteiger partial charge in [-0.1, -0.05) is 17.7 Å². The van der Waals surface area contributed by atoms with E-state index in [0.29, 0.717) is 29.5 Å². The summed E-state index contributed by atoms with van der Waals surface area (Å²) in [7, 11) is 0. The second kappa shape index (κ2) is 6.26. The Morgan fingerprint density at radius 1 is 1.52 bits per heavy atom. The van der Waals surface area contributed by atoms with Crippen LogP contribution in [-0.2, 0) is 9.53 Å². The minimum atomic E-state index is -0.492. The average molecular weight is 307 g/mol. The molecular weight excluding hydrogens is 292 g/mol. The number of halogens is 1. The number of ether oxygens (including phenoxy) is 1. The number of nitrogens with one attached hydrogen (secondary N) is 2. The first-order valence-electron chi connectivity index (χ1n) is 6.66. The summed E-state index contributed by atoms with van der Waals surface area (Å²) < 4.78 is 7.21. The van der Waals surface area contributed by atoms with Crippen LogP contribution in [0.15, 0.2) is 36.9 Å². The summed E-state index contributed by atoms with van der Waals surface area (Å²) in [5.74, 6) is -0.189. The van der Waals surface area contributed by atoms with Crippen molar-refractivity contribution in [3.8, 4) is 5.69 Å². The van der Waals surface area contributed by atoms with E-state index in [0.717, 1.165) is 6.54 Å². The molecule has 0 aliphatic carbocycles. The summed E-state index contributed by atoms with van der Waals surface area (Å²) in [5, 5.41) is 6.54. The molecule has 1 aromatic heterocycles. The molecule has 3 rings (SSSR count). The van der Waals surface area contributed by atoms with Crippen molar-refractivity contribution in [2.45, 2.75) is 6.10 Å². The van der Waals surface area contributed by atoms with Gasteiger partial charge >= 0.3 is 0 Å². The van der Waals surface area contributed by atoms with Crippen LogP contribution in [0.3, 0.4) is 0 Å². The van der Waals surface area contributed by atoms with Crippen LogP contribution in [0.4, 0.5) is 5.69 Å². The van der Waals surface area contributed by atoms with Crippen molar-refractivity contribution >= 4 is 23.2 Å². The number of benzene rings is 1. The number of carbonyl (C=O) groups is 1. The van der Waals surface area contributed by atoms with Crippen LogP contribution < -0.4 is 10.6 Å². The summed E-state index contributed by atoms with van der Waals surface area (Å²) in [5.41, 5.74) is 1.31. The van der Waals surface area contributed by atoms with E-state index < -0.39 is 6.10 Å². The molecule has 0 radical (unpaired) electrons. The second-order valence-electron chi connectivity index (χ2n) is 4.66. The van der Waals surface area contributed by atoms with Crippen molar-refractivity contribution in [3.05, 3.63) is 41.9 Å². The van der Waals surface area contributed by atoms with E-state index in [1.165, 1.54) is 0 Å². The highest BCUT2D eigenvalue weighted by Gasteiger charge is 2.23. The zero-order valence-corrected chi connectivity index (χ0v) is 12.0. The number of amides is 1. The van der Waals surface area contributed by atoms with Crippen molar-refractivity contribution in [1.82, 2.24) is 14.9 Å². The van der Waals surface area contributed by atoms with Crippen LogP contribution in [0.25, 0.3) is 5.69 Å². The Morgan fingerprint density at radius 2 is 2.43 bits per heavy atom. The molecule has 1 amide bonds. The fraction of sp³-hybridized carbons (Fsp3) is 0.286. The van der Waals surface area contributed by atoms with Crippen molar-refractivity contribution in [2.75, 3.05) is 25.0 Å². The first-order valence-corrected chi connectivity index (χ1v) is 7.03. The number of rotatable bonds is 3. The maximum absolute atomic E-state index is 12.3. The molecule has 2 aromatic rings. The Hall–Kier alpha value is -1.89.